The Labute approximate surface area is 198 Å². The molecule has 5 rings (SSSR count). The number of alkyl halides is 1. The summed E-state index contributed by atoms with van der Waals surface area (Å²) in [5.41, 5.74) is -4.50. The Morgan fingerprint density at radius 3 is 2.65 bits per heavy atom. The summed E-state index contributed by atoms with van der Waals surface area (Å²) >= 11 is 0. The zero-order valence-corrected chi connectivity index (χ0v) is 20.1. The van der Waals surface area contributed by atoms with E-state index in [9.17, 15) is 19.5 Å². The SMILES string of the molecule is CC(=O)OCC(=O)[C@@]12OC(C)(C)O[C@@H]1C=C1[C@@H]3CCC4=CC(=O)C=C[C@]4(C)[C@@]3(F)[C@@H](O)C[C@@]12C. The maximum atomic E-state index is 17.2. The average Bonchev–Trinajstić information content (AvgIpc) is 3.14. The van der Waals surface area contributed by atoms with Gasteiger partial charge in [0.15, 0.2) is 29.4 Å². The van der Waals surface area contributed by atoms with Gasteiger partial charge in [-0.05, 0) is 52.2 Å². The lowest BCUT2D eigenvalue weighted by atomic mass is 9.46. The molecule has 1 aliphatic heterocycles. The zero-order valence-electron chi connectivity index (χ0n) is 20.1. The van der Waals surface area contributed by atoms with Gasteiger partial charge in [0.2, 0.25) is 5.78 Å². The predicted octanol–water partition coefficient (Wildman–Crippen LogP) is 2.91. The molecule has 0 aromatic rings. The average molecular weight is 475 g/mol. The second-order valence-corrected chi connectivity index (χ2v) is 11.1. The molecule has 7 nitrogen and oxygen atoms in total. The maximum absolute atomic E-state index is 17.2. The fraction of sp³-hybridized carbons (Fsp3) is 0.654. The third kappa shape index (κ3) is 2.70. The lowest BCUT2D eigenvalue weighted by Crippen LogP contribution is -2.68. The highest BCUT2D eigenvalue weighted by Gasteiger charge is 2.77. The van der Waals surface area contributed by atoms with E-state index in [1.165, 1.54) is 19.1 Å². The van der Waals surface area contributed by atoms with Crippen molar-refractivity contribution in [3.8, 4) is 0 Å². The summed E-state index contributed by atoms with van der Waals surface area (Å²) in [5, 5.41) is 11.5. The molecule has 5 aliphatic rings. The number of hydrogen-bond acceptors (Lipinski definition) is 7. The van der Waals surface area contributed by atoms with E-state index in [0.717, 1.165) is 0 Å². The summed E-state index contributed by atoms with van der Waals surface area (Å²) in [6.45, 7) is 7.66. The summed E-state index contributed by atoms with van der Waals surface area (Å²) in [4.78, 5) is 37.1. The number of halogens is 1. The van der Waals surface area contributed by atoms with Crippen LogP contribution in [0.3, 0.4) is 0 Å². The van der Waals surface area contributed by atoms with E-state index < -0.39 is 64.4 Å². The number of carbonyl (C=O) groups is 3. The minimum atomic E-state index is -2.08. The first-order chi connectivity index (χ1) is 15.7. The van der Waals surface area contributed by atoms with Crippen LogP contribution in [0.25, 0.3) is 0 Å². The summed E-state index contributed by atoms with van der Waals surface area (Å²) in [6, 6.07) is 0. The van der Waals surface area contributed by atoms with Crippen molar-refractivity contribution in [3.63, 3.8) is 0 Å². The van der Waals surface area contributed by atoms with E-state index in [1.54, 1.807) is 32.9 Å². The molecule has 0 amide bonds. The van der Waals surface area contributed by atoms with Crippen molar-refractivity contribution in [1.82, 2.24) is 0 Å². The molecule has 0 radical (unpaired) electrons. The summed E-state index contributed by atoms with van der Waals surface area (Å²) in [6.07, 6.45) is 4.76. The van der Waals surface area contributed by atoms with Gasteiger partial charge < -0.3 is 19.3 Å². The number of rotatable bonds is 3. The van der Waals surface area contributed by atoms with Crippen LogP contribution in [0.15, 0.2) is 35.5 Å². The van der Waals surface area contributed by atoms with Crippen LogP contribution in [0.1, 0.15) is 53.9 Å². The number of aliphatic hydroxyl groups excluding tert-OH is 1. The lowest BCUT2D eigenvalue weighted by molar-refractivity contribution is -0.212. The van der Waals surface area contributed by atoms with E-state index >= 15 is 4.39 Å². The van der Waals surface area contributed by atoms with Crippen LogP contribution >= 0.6 is 0 Å². The Kier molecular flexibility index (Phi) is 4.82. The Balaban J connectivity index is 1.63. The van der Waals surface area contributed by atoms with Crippen molar-refractivity contribution in [2.45, 2.75) is 83.1 Å². The molecule has 8 heteroatoms. The lowest BCUT2D eigenvalue weighted by Gasteiger charge is -2.61. The first kappa shape index (κ1) is 23.6. The highest BCUT2D eigenvalue weighted by Crippen LogP contribution is 2.70. The molecule has 2 saturated carbocycles. The zero-order chi connectivity index (χ0) is 24.9. The summed E-state index contributed by atoms with van der Waals surface area (Å²) in [7, 11) is 0. The van der Waals surface area contributed by atoms with Crippen molar-refractivity contribution in [1.29, 1.82) is 0 Å². The van der Waals surface area contributed by atoms with E-state index in [-0.39, 0.29) is 12.2 Å². The second kappa shape index (κ2) is 6.95. The Bertz CT molecular complexity index is 1090. The third-order valence-electron chi connectivity index (χ3n) is 8.86. The first-order valence-electron chi connectivity index (χ1n) is 11.8. The summed E-state index contributed by atoms with van der Waals surface area (Å²) in [5.74, 6) is -3.06. The van der Waals surface area contributed by atoms with Gasteiger partial charge in [0.1, 0.15) is 6.10 Å². The Morgan fingerprint density at radius 2 is 1.97 bits per heavy atom. The fourth-order valence-corrected chi connectivity index (χ4v) is 7.36. The normalized spacial score (nSPS) is 46.0. The highest BCUT2D eigenvalue weighted by molar-refractivity contribution is 6.01. The van der Waals surface area contributed by atoms with Crippen molar-refractivity contribution in [3.05, 3.63) is 35.5 Å². The number of ether oxygens (including phenoxy) is 3. The van der Waals surface area contributed by atoms with Gasteiger partial charge >= 0.3 is 5.97 Å². The number of hydrogen-bond donors (Lipinski definition) is 1. The topological polar surface area (TPSA) is 99.1 Å². The van der Waals surface area contributed by atoms with Crippen molar-refractivity contribution in [2.24, 2.45) is 16.7 Å². The molecule has 0 spiro atoms. The third-order valence-corrected chi connectivity index (χ3v) is 8.86. The van der Waals surface area contributed by atoms with Gasteiger partial charge in [-0.25, -0.2) is 4.39 Å². The molecule has 1 heterocycles. The molecule has 4 aliphatic carbocycles. The van der Waals surface area contributed by atoms with Crippen LogP contribution in [0.5, 0.6) is 0 Å². The molecule has 3 fully saturated rings. The number of allylic oxidation sites excluding steroid dienone is 4. The molecule has 34 heavy (non-hydrogen) atoms. The van der Waals surface area contributed by atoms with Crippen LogP contribution in [0.2, 0.25) is 0 Å². The van der Waals surface area contributed by atoms with Gasteiger partial charge in [-0.15, -0.1) is 0 Å². The monoisotopic (exact) mass is 474 g/mol. The number of fused-ring (bicyclic) bond motifs is 7. The van der Waals surface area contributed by atoms with Gasteiger partial charge in [-0.3, -0.25) is 14.4 Å². The van der Waals surface area contributed by atoms with Gasteiger partial charge in [0, 0.05) is 23.7 Å². The summed E-state index contributed by atoms with van der Waals surface area (Å²) < 4.78 is 34.7. The molecule has 0 unspecified atom stereocenters. The maximum Gasteiger partial charge on any atom is 0.303 e. The van der Waals surface area contributed by atoms with E-state index in [2.05, 4.69) is 0 Å². The number of ketones is 2. The second-order valence-electron chi connectivity index (χ2n) is 11.1. The van der Waals surface area contributed by atoms with Crippen molar-refractivity contribution < 1.29 is 38.1 Å². The quantitative estimate of drug-likeness (QED) is 0.496. The molecule has 184 valence electrons. The van der Waals surface area contributed by atoms with Crippen molar-refractivity contribution >= 4 is 17.5 Å². The molecular formula is C26H31FO7. The number of carbonyl (C=O) groups excluding carboxylic acids is 3. The number of Topliss-reactive ketones (excluding diaryl/α,β-unsaturated/α-hetero) is 1. The van der Waals surface area contributed by atoms with Crippen LogP contribution < -0.4 is 0 Å². The van der Waals surface area contributed by atoms with E-state index in [4.69, 9.17) is 14.2 Å². The van der Waals surface area contributed by atoms with Gasteiger partial charge in [0.25, 0.3) is 0 Å². The van der Waals surface area contributed by atoms with Gasteiger partial charge in [-0.2, -0.15) is 0 Å². The molecular weight excluding hydrogens is 443 g/mol. The number of aliphatic hydroxyl groups is 1. The largest absolute Gasteiger partial charge is 0.458 e. The Morgan fingerprint density at radius 1 is 1.26 bits per heavy atom. The Hall–Kier alpha value is -2.16. The minimum absolute atomic E-state index is 0.0851. The van der Waals surface area contributed by atoms with Crippen LogP contribution in [-0.4, -0.2) is 58.5 Å². The molecule has 1 N–H and O–H groups in total. The standard InChI is InChI=1S/C26H31FO7/c1-14(28)32-13-20(31)26-21(33-22(2,3)34-26)11-18-17-7-6-15-10-16(29)8-9-23(15,4)25(17,27)19(30)12-24(18,26)5/h8-11,17,19,21,30H,6-7,12-13H2,1-5H3/t17-,19-,21+,23-,24-,25-,26+/m0/s1. The minimum Gasteiger partial charge on any atom is -0.458 e. The van der Waals surface area contributed by atoms with Gasteiger partial charge in [-0.1, -0.05) is 30.2 Å². The molecule has 7 atom stereocenters. The molecule has 0 aromatic carbocycles. The first-order valence-corrected chi connectivity index (χ1v) is 11.8. The van der Waals surface area contributed by atoms with Crippen LogP contribution in [0, 0.1) is 16.7 Å². The molecule has 0 bridgehead atoms. The smallest absolute Gasteiger partial charge is 0.303 e. The number of esters is 1. The molecule has 0 aromatic heterocycles. The predicted molar refractivity (Wildman–Crippen MR) is 118 cm³/mol. The van der Waals surface area contributed by atoms with Gasteiger partial charge in [0.05, 0.1) is 6.10 Å². The van der Waals surface area contributed by atoms with Crippen LogP contribution in [0.4, 0.5) is 4.39 Å². The van der Waals surface area contributed by atoms with Crippen LogP contribution in [-0.2, 0) is 28.6 Å². The highest BCUT2D eigenvalue weighted by atomic mass is 19.1. The van der Waals surface area contributed by atoms with E-state index in [0.29, 0.717) is 24.0 Å². The fourth-order valence-electron chi connectivity index (χ4n) is 7.36. The van der Waals surface area contributed by atoms with Crippen molar-refractivity contribution in [2.75, 3.05) is 6.61 Å². The molecule has 1 saturated heterocycles. The van der Waals surface area contributed by atoms with E-state index in [1.807, 2.05) is 6.92 Å².